The van der Waals surface area contributed by atoms with E-state index in [-0.39, 0.29) is 17.1 Å². The molecule has 98 valence electrons. The second kappa shape index (κ2) is 10.0. The number of rotatable bonds is 3. The van der Waals surface area contributed by atoms with Crippen molar-refractivity contribution in [3.63, 3.8) is 0 Å². The van der Waals surface area contributed by atoms with Crippen LogP contribution in [0.4, 0.5) is 0 Å². The Bertz CT molecular complexity index is 456. The summed E-state index contributed by atoms with van der Waals surface area (Å²) in [6.45, 7) is 0. The van der Waals surface area contributed by atoms with E-state index in [9.17, 15) is 0 Å². The fourth-order valence-electron chi connectivity index (χ4n) is 1.14. The Labute approximate surface area is 115 Å². The topological polar surface area (TPSA) is 97.5 Å². The zero-order valence-corrected chi connectivity index (χ0v) is 10.4. The molecule has 7 heteroatoms. The van der Waals surface area contributed by atoms with Crippen molar-refractivity contribution in [2.45, 2.75) is 6.17 Å². The largest absolute Gasteiger partial charge is 0.748 e. The molecule has 0 bridgehead atoms. The number of hydrogen-bond acceptors (Lipinski definition) is 2. The third-order valence-electron chi connectivity index (χ3n) is 1.86. The fourth-order valence-corrected chi connectivity index (χ4v) is 1.14. The van der Waals surface area contributed by atoms with Crippen molar-refractivity contribution < 1.29 is 17.1 Å². The van der Waals surface area contributed by atoms with Gasteiger partial charge in [0, 0.05) is 26.9 Å². The van der Waals surface area contributed by atoms with Gasteiger partial charge < -0.3 is 30.3 Å². The van der Waals surface area contributed by atoms with E-state index in [1.807, 2.05) is 30.3 Å². The van der Waals surface area contributed by atoms with Crippen LogP contribution in [0.2, 0.25) is 0 Å². The summed E-state index contributed by atoms with van der Waals surface area (Å²) < 4.78 is 0. The molecule has 0 aliphatic rings. The molecule has 0 heterocycles. The summed E-state index contributed by atoms with van der Waals surface area (Å²) in [5.41, 5.74) is 17.0. The first kappa shape index (κ1) is 15.8. The second-order valence-corrected chi connectivity index (χ2v) is 2.96. The Kier molecular flexibility index (Phi) is 8.82. The molecule has 0 N–H and O–H groups in total. The fraction of sp³-hybridized carbons (Fsp3) is 0.0909. The van der Waals surface area contributed by atoms with Crippen LogP contribution in [0.3, 0.4) is 0 Å². The summed E-state index contributed by atoms with van der Waals surface area (Å²) >= 11 is 0. The molecule has 0 aliphatic carbocycles. The minimum absolute atomic E-state index is 0. The normalized spacial score (nSPS) is 9.56. The molecular weight excluding hydrogens is 272 g/mol. The third kappa shape index (κ3) is 5.80. The second-order valence-electron chi connectivity index (χ2n) is 2.96. The maximum atomic E-state index is 8.14. The van der Waals surface area contributed by atoms with Crippen LogP contribution in [0, 0.1) is 0 Å². The number of hydrogen-bond donors (Lipinski definition) is 0. The minimum Gasteiger partial charge on any atom is -0.748 e. The van der Waals surface area contributed by atoms with Gasteiger partial charge in [0.25, 0.3) is 0 Å². The van der Waals surface area contributed by atoms with Gasteiger partial charge in [0.1, 0.15) is 0 Å². The molecule has 0 aliphatic heterocycles. The maximum Gasteiger partial charge on any atom is 0.0954 e. The van der Waals surface area contributed by atoms with Crippen LogP contribution in [0.25, 0.3) is 20.9 Å². The Morgan fingerprint density at radius 3 is 1.61 bits per heavy atom. The van der Waals surface area contributed by atoms with Crippen LogP contribution in [0.5, 0.6) is 0 Å². The van der Waals surface area contributed by atoms with Crippen molar-refractivity contribution in [2.24, 2.45) is 10.2 Å². The van der Waals surface area contributed by atoms with Crippen molar-refractivity contribution in [1.82, 2.24) is 0 Å². The summed E-state index contributed by atoms with van der Waals surface area (Å²) in [6, 6.07) is 17.0. The Hall–Kier alpha value is -2.16. The Balaban J connectivity index is 0.000000405. The third-order valence-corrected chi connectivity index (χ3v) is 1.86. The maximum absolute atomic E-state index is 8.14. The summed E-state index contributed by atoms with van der Waals surface area (Å²) in [4.78, 5) is 5.14. The monoisotopic (exact) mass is 282 g/mol. The molecule has 0 saturated carbocycles. The molecule has 0 atom stereocenters. The van der Waals surface area contributed by atoms with Gasteiger partial charge in [-0.25, -0.2) is 12.1 Å². The van der Waals surface area contributed by atoms with E-state index < -0.39 is 6.17 Å². The molecule has 2 aromatic rings. The quantitative estimate of drug-likeness (QED) is 0.261. The molecule has 2 aromatic carbocycles. The first-order valence-corrected chi connectivity index (χ1v) is 4.85. The molecule has 0 spiro atoms. The van der Waals surface area contributed by atoms with Crippen molar-refractivity contribution in [3.8, 4) is 0 Å². The summed E-state index contributed by atoms with van der Waals surface area (Å²) in [5.74, 6) is 0. The van der Waals surface area contributed by atoms with Crippen molar-refractivity contribution >= 4 is 0 Å². The van der Waals surface area contributed by atoms with E-state index >= 15 is 0 Å². The minimum atomic E-state index is -0.769. The molecule has 2 rings (SSSR count). The van der Waals surface area contributed by atoms with E-state index in [0.717, 1.165) is 0 Å². The van der Waals surface area contributed by atoms with Gasteiger partial charge in [0.2, 0.25) is 0 Å². The van der Waals surface area contributed by atoms with Crippen LogP contribution in [0.15, 0.2) is 64.8 Å². The molecule has 18 heavy (non-hydrogen) atoms. The van der Waals surface area contributed by atoms with Crippen molar-refractivity contribution in [2.75, 3.05) is 0 Å². The molecule has 0 amide bonds. The van der Waals surface area contributed by atoms with Crippen molar-refractivity contribution in [3.05, 3.63) is 81.0 Å². The Morgan fingerprint density at radius 1 is 0.889 bits per heavy atom. The molecule has 6 nitrogen and oxygen atoms in total. The predicted octanol–water partition coefficient (Wildman–Crippen LogP) is 4.43. The summed E-state index contributed by atoms with van der Waals surface area (Å²) in [5, 5.41) is 6.63. The van der Waals surface area contributed by atoms with E-state index in [4.69, 9.17) is 11.1 Å². The predicted molar refractivity (Wildman–Crippen MR) is 65.1 cm³/mol. The smallest absolute Gasteiger partial charge is 0.0954 e. The Morgan fingerprint density at radius 2 is 1.28 bits per heavy atom. The van der Waals surface area contributed by atoms with E-state index in [0.29, 0.717) is 5.56 Å². The van der Waals surface area contributed by atoms with Gasteiger partial charge >= 0.3 is 0 Å². The van der Waals surface area contributed by atoms with Crippen molar-refractivity contribution in [1.29, 1.82) is 0 Å². The molecule has 0 aromatic heterocycles. The van der Waals surface area contributed by atoms with Gasteiger partial charge in [0.15, 0.2) is 0 Å². The standard InChI is InChI=1S/C6H5N6.C5H5.Fe/c7-11-9-6(10-12-8)5-3-1-2-4-5;1-2-4-5-3-1;/h1-4,6H;1-5H;/q-1;-5;. The van der Waals surface area contributed by atoms with Gasteiger partial charge in [0.05, 0.1) is 6.17 Å². The molecule has 0 fully saturated rings. The molecule has 0 radical (unpaired) electrons. The van der Waals surface area contributed by atoms with Gasteiger partial charge in [-0.15, -0.1) is 5.56 Å². The van der Waals surface area contributed by atoms with Crippen LogP contribution in [-0.4, -0.2) is 0 Å². The summed E-state index contributed by atoms with van der Waals surface area (Å²) in [6.07, 6.45) is -0.769. The van der Waals surface area contributed by atoms with Crippen LogP contribution >= 0.6 is 0 Å². The van der Waals surface area contributed by atoms with Gasteiger partial charge in [-0.3, -0.25) is 0 Å². The van der Waals surface area contributed by atoms with Gasteiger partial charge in [-0.2, -0.15) is 12.1 Å². The zero-order valence-electron chi connectivity index (χ0n) is 9.31. The average Bonchev–Trinajstić information content (AvgIpc) is 3.05. The first-order valence-electron chi connectivity index (χ1n) is 4.85. The molecule has 0 saturated heterocycles. The van der Waals surface area contributed by atoms with E-state index in [1.54, 1.807) is 24.3 Å². The SMILES string of the molecule is [Fe].[N-]=[N+]=NC(N=[N+]=[N-])[c-]1cccc1.[cH-]1[cH-][cH-][cH-][cH-]1. The van der Waals surface area contributed by atoms with Gasteiger partial charge in [-0.05, 0) is 11.1 Å². The number of azide groups is 1. The molecule has 0 unspecified atom stereocenters. The first-order chi connectivity index (χ1) is 8.38. The van der Waals surface area contributed by atoms with E-state index in [2.05, 4.69) is 20.1 Å². The van der Waals surface area contributed by atoms with Gasteiger partial charge in [-0.1, -0.05) is 10.2 Å². The average molecular weight is 282 g/mol. The zero-order chi connectivity index (χ0) is 12.3. The van der Waals surface area contributed by atoms with Crippen LogP contribution in [0.1, 0.15) is 11.7 Å². The molecular formula is C11H10FeN6-6. The van der Waals surface area contributed by atoms with E-state index in [1.165, 1.54) is 0 Å². The number of nitrogens with zero attached hydrogens (tertiary/aromatic N) is 6. The van der Waals surface area contributed by atoms with Crippen LogP contribution in [-0.2, 0) is 17.1 Å². The summed E-state index contributed by atoms with van der Waals surface area (Å²) in [7, 11) is 0. The van der Waals surface area contributed by atoms with Crippen LogP contribution < -0.4 is 0 Å².